The van der Waals surface area contributed by atoms with Crippen molar-refractivity contribution in [3.8, 4) is 5.75 Å². The van der Waals surface area contributed by atoms with Gasteiger partial charge in [-0.1, -0.05) is 31.2 Å². The molecule has 0 aliphatic heterocycles. The summed E-state index contributed by atoms with van der Waals surface area (Å²) in [4.78, 5) is 27.5. The molecule has 0 aliphatic rings. The van der Waals surface area contributed by atoms with Crippen LogP contribution < -0.4 is 14.4 Å². The molecule has 0 radical (unpaired) electrons. The molecule has 1 unspecified atom stereocenters. The van der Waals surface area contributed by atoms with E-state index < -0.39 is 28.5 Å². The monoisotopic (exact) mass is 475 g/mol. The quantitative estimate of drug-likeness (QED) is 0.570. The van der Waals surface area contributed by atoms with Crippen LogP contribution >= 0.6 is 0 Å². The van der Waals surface area contributed by atoms with E-state index in [0.717, 1.165) is 27.3 Å². The molecule has 0 fully saturated rings. The first-order valence-electron chi connectivity index (χ1n) is 10.7. The minimum absolute atomic E-state index is 0.152. The van der Waals surface area contributed by atoms with Gasteiger partial charge in [0.15, 0.2) is 0 Å². The Morgan fingerprint density at radius 1 is 1.09 bits per heavy atom. The van der Waals surface area contributed by atoms with Crippen LogP contribution in [0.3, 0.4) is 0 Å². The number of benzene rings is 2. The third kappa shape index (κ3) is 6.71. The molecular weight excluding hydrogens is 442 g/mol. The first-order valence-corrected chi connectivity index (χ1v) is 12.6. The SMILES string of the molecule is CCC(C(=O)NC)N(Cc1ccc(OC)cc1)C(=O)CN(c1cc(C)ccc1C)S(C)(=O)=O. The topological polar surface area (TPSA) is 96.0 Å². The minimum Gasteiger partial charge on any atom is -0.497 e. The fraction of sp³-hybridized carbons (Fsp3) is 0.417. The van der Waals surface area contributed by atoms with E-state index in [-0.39, 0.29) is 12.5 Å². The summed E-state index contributed by atoms with van der Waals surface area (Å²) in [5, 5.41) is 2.60. The lowest BCUT2D eigenvalue weighted by atomic mass is 10.1. The summed E-state index contributed by atoms with van der Waals surface area (Å²) >= 11 is 0. The van der Waals surface area contributed by atoms with E-state index in [9.17, 15) is 18.0 Å². The molecule has 180 valence electrons. The van der Waals surface area contributed by atoms with Crippen LogP contribution in [-0.2, 0) is 26.2 Å². The van der Waals surface area contributed by atoms with Gasteiger partial charge >= 0.3 is 0 Å². The largest absolute Gasteiger partial charge is 0.497 e. The molecule has 0 bridgehead atoms. The van der Waals surface area contributed by atoms with Crippen molar-refractivity contribution in [3.05, 3.63) is 59.2 Å². The number of hydrogen-bond donors (Lipinski definition) is 1. The number of ether oxygens (including phenoxy) is 1. The van der Waals surface area contributed by atoms with Crippen molar-refractivity contribution in [1.29, 1.82) is 0 Å². The maximum absolute atomic E-state index is 13.5. The lowest BCUT2D eigenvalue weighted by Gasteiger charge is -2.33. The maximum atomic E-state index is 13.5. The second-order valence-corrected chi connectivity index (χ2v) is 9.87. The highest BCUT2D eigenvalue weighted by Gasteiger charge is 2.31. The summed E-state index contributed by atoms with van der Waals surface area (Å²) in [6.07, 6.45) is 1.45. The Morgan fingerprint density at radius 2 is 1.73 bits per heavy atom. The van der Waals surface area contributed by atoms with Crippen LogP contribution in [0.2, 0.25) is 0 Å². The van der Waals surface area contributed by atoms with Gasteiger partial charge < -0.3 is 15.0 Å². The van der Waals surface area contributed by atoms with Gasteiger partial charge in [-0.2, -0.15) is 0 Å². The number of nitrogens with one attached hydrogen (secondary N) is 1. The Balaban J connectivity index is 2.45. The molecule has 2 aromatic carbocycles. The van der Waals surface area contributed by atoms with E-state index in [1.807, 2.05) is 38.1 Å². The van der Waals surface area contributed by atoms with Gasteiger partial charge in [0.25, 0.3) is 0 Å². The third-order valence-electron chi connectivity index (χ3n) is 5.46. The predicted molar refractivity (Wildman–Crippen MR) is 130 cm³/mol. The molecule has 33 heavy (non-hydrogen) atoms. The average Bonchev–Trinajstić information content (AvgIpc) is 2.78. The highest BCUT2D eigenvalue weighted by molar-refractivity contribution is 7.92. The number of anilines is 1. The van der Waals surface area contributed by atoms with Crippen LogP contribution in [0.15, 0.2) is 42.5 Å². The summed E-state index contributed by atoms with van der Waals surface area (Å²) < 4.78 is 31.6. The molecule has 2 rings (SSSR count). The molecule has 8 nitrogen and oxygen atoms in total. The van der Waals surface area contributed by atoms with Crippen LogP contribution in [0.4, 0.5) is 5.69 Å². The van der Waals surface area contributed by atoms with Gasteiger partial charge in [-0.25, -0.2) is 8.42 Å². The van der Waals surface area contributed by atoms with E-state index in [1.54, 1.807) is 32.2 Å². The van der Waals surface area contributed by atoms with E-state index in [2.05, 4.69) is 5.32 Å². The van der Waals surface area contributed by atoms with Crippen molar-refractivity contribution in [2.45, 2.75) is 39.8 Å². The number of methoxy groups -OCH3 is 1. The highest BCUT2D eigenvalue weighted by Crippen LogP contribution is 2.25. The van der Waals surface area contributed by atoms with Gasteiger partial charge in [0, 0.05) is 13.6 Å². The van der Waals surface area contributed by atoms with Crippen LogP contribution in [0.25, 0.3) is 0 Å². The molecule has 0 heterocycles. The molecule has 2 aromatic rings. The van der Waals surface area contributed by atoms with Gasteiger partial charge in [0.05, 0.1) is 19.1 Å². The van der Waals surface area contributed by atoms with E-state index in [4.69, 9.17) is 4.74 Å². The number of aryl methyl sites for hydroxylation is 2. The Hall–Kier alpha value is -3.07. The summed E-state index contributed by atoms with van der Waals surface area (Å²) in [5.41, 5.74) is 2.86. The summed E-state index contributed by atoms with van der Waals surface area (Å²) in [7, 11) is -0.677. The highest BCUT2D eigenvalue weighted by atomic mass is 32.2. The number of sulfonamides is 1. The first kappa shape index (κ1) is 26.2. The zero-order valence-electron chi connectivity index (χ0n) is 20.1. The van der Waals surface area contributed by atoms with E-state index in [0.29, 0.717) is 17.9 Å². The number of hydrogen-bond acceptors (Lipinski definition) is 5. The zero-order chi connectivity index (χ0) is 24.8. The fourth-order valence-electron chi connectivity index (χ4n) is 3.60. The number of nitrogens with zero attached hydrogens (tertiary/aromatic N) is 2. The number of carbonyl (C=O) groups excluding carboxylic acids is 2. The molecule has 2 amide bonds. The normalized spacial score (nSPS) is 12.1. The van der Waals surface area contributed by atoms with Crippen LogP contribution in [0.1, 0.15) is 30.0 Å². The summed E-state index contributed by atoms with van der Waals surface area (Å²) in [6, 6.07) is 11.9. The molecule has 0 aliphatic carbocycles. The summed E-state index contributed by atoms with van der Waals surface area (Å²) in [6.45, 7) is 5.21. The van der Waals surface area contributed by atoms with Crippen molar-refractivity contribution in [1.82, 2.24) is 10.2 Å². The molecule has 1 atom stereocenters. The van der Waals surface area contributed by atoms with Gasteiger partial charge in [0.2, 0.25) is 21.8 Å². The molecule has 1 N–H and O–H groups in total. The third-order valence-corrected chi connectivity index (χ3v) is 6.58. The number of amides is 2. The Bertz CT molecular complexity index is 1080. The van der Waals surface area contributed by atoms with Crippen LogP contribution in [0.5, 0.6) is 5.75 Å². The van der Waals surface area contributed by atoms with E-state index in [1.165, 1.54) is 11.9 Å². The fourth-order valence-corrected chi connectivity index (χ4v) is 4.50. The van der Waals surface area contributed by atoms with Crippen molar-refractivity contribution in [2.75, 3.05) is 31.3 Å². The van der Waals surface area contributed by atoms with Gasteiger partial charge in [-0.15, -0.1) is 0 Å². The minimum atomic E-state index is -3.76. The predicted octanol–water partition coefficient (Wildman–Crippen LogP) is 2.63. The van der Waals surface area contributed by atoms with Gasteiger partial charge in [-0.05, 0) is 55.2 Å². The maximum Gasteiger partial charge on any atom is 0.244 e. The Morgan fingerprint density at radius 3 is 2.24 bits per heavy atom. The van der Waals surface area contributed by atoms with Crippen LogP contribution in [0, 0.1) is 13.8 Å². The van der Waals surface area contributed by atoms with Crippen molar-refractivity contribution >= 4 is 27.5 Å². The van der Waals surface area contributed by atoms with Crippen LogP contribution in [-0.4, -0.2) is 58.1 Å². The molecule has 0 saturated carbocycles. The van der Waals surface area contributed by atoms with Crippen molar-refractivity contribution < 1.29 is 22.7 Å². The second-order valence-electron chi connectivity index (χ2n) is 7.97. The van der Waals surface area contributed by atoms with Crippen molar-refractivity contribution in [2.24, 2.45) is 0 Å². The molecule has 0 spiro atoms. The van der Waals surface area contributed by atoms with E-state index >= 15 is 0 Å². The summed E-state index contributed by atoms with van der Waals surface area (Å²) in [5.74, 6) is -0.0993. The lowest BCUT2D eigenvalue weighted by Crippen LogP contribution is -2.51. The van der Waals surface area contributed by atoms with Gasteiger partial charge in [0.1, 0.15) is 18.3 Å². The second kappa shape index (κ2) is 11.2. The molecule has 0 aromatic heterocycles. The van der Waals surface area contributed by atoms with Crippen molar-refractivity contribution in [3.63, 3.8) is 0 Å². The zero-order valence-corrected chi connectivity index (χ0v) is 20.9. The number of rotatable bonds is 10. The molecular formula is C24H33N3O5S. The molecule has 9 heteroatoms. The Labute approximate surface area is 196 Å². The molecule has 0 saturated heterocycles. The smallest absolute Gasteiger partial charge is 0.244 e. The number of likely N-dealkylation sites (N-methyl/N-ethyl adjacent to an activating group) is 1. The number of carbonyl (C=O) groups is 2. The first-order chi connectivity index (χ1) is 15.5. The Kier molecular flexibility index (Phi) is 8.87. The standard InChI is InChI=1S/C24H33N3O5S/c1-7-21(24(29)25-4)26(15-19-10-12-20(32-5)13-11-19)23(28)16-27(33(6,30)31)22-14-17(2)8-9-18(22)3/h8-14,21H,7,15-16H2,1-6H3,(H,25,29). The lowest BCUT2D eigenvalue weighted by molar-refractivity contribution is -0.140. The van der Waals surface area contributed by atoms with Gasteiger partial charge in [-0.3, -0.25) is 13.9 Å². The average molecular weight is 476 g/mol.